The van der Waals surface area contributed by atoms with Crippen molar-refractivity contribution in [3.8, 4) is 0 Å². The minimum atomic E-state index is -0.646. The van der Waals surface area contributed by atoms with Gasteiger partial charge in [-0.25, -0.2) is 9.59 Å². The number of amides is 1. The average Bonchev–Trinajstić information content (AvgIpc) is 2.66. The minimum absolute atomic E-state index is 0.111. The van der Waals surface area contributed by atoms with Gasteiger partial charge in [-0.05, 0) is 35.9 Å². The number of hydrogen-bond acceptors (Lipinski definition) is 5. The van der Waals surface area contributed by atoms with Crippen molar-refractivity contribution in [2.24, 2.45) is 0 Å². The molecule has 0 bridgehead atoms. The Bertz CT molecular complexity index is 876. The highest BCUT2D eigenvalue weighted by molar-refractivity contribution is 6.32. The van der Waals surface area contributed by atoms with Crippen LogP contribution in [0.2, 0.25) is 5.02 Å². The van der Waals surface area contributed by atoms with E-state index in [2.05, 4.69) is 14.8 Å². The van der Waals surface area contributed by atoms with E-state index in [1.54, 1.807) is 30.3 Å². The Morgan fingerprint density at radius 3 is 2.35 bits per heavy atom. The van der Waals surface area contributed by atoms with Crippen LogP contribution in [0.5, 0.6) is 0 Å². The summed E-state index contributed by atoms with van der Waals surface area (Å²) in [5.41, 5.74) is 1.10. The molecule has 7 heteroatoms. The first-order valence-corrected chi connectivity index (χ1v) is 7.88. The number of benzene rings is 2. The fourth-order valence-electron chi connectivity index (χ4n) is 2.13. The molecule has 0 aromatic heterocycles. The Morgan fingerprint density at radius 2 is 1.69 bits per heavy atom. The average molecular weight is 374 g/mol. The van der Waals surface area contributed by atoms with Gasteiger partial charge in [-0.15, -0.1) is 0 Å². The van der Waals surface area contributed by atoms with Crippen LogP contribution in [0.3, 0.4) is 0 Å². The number of anilines is 1. The zero-order chi connectivity index (χ0) is 19.1. The Balaban J connectivity index is 2.28. The smallest absolute Gasteiger partial charge is 0.339 e. The molecule has 0 atom stereocenters. The number of carbonyl (C=O) groups excluding carboxylic acids is 3. The lowest BCUT2D eigenvalue weighted by Gasteiger charge is -2.10. The summed E-state index contributed by atoms with van der Waals surface area (Å²) < 4.78 is 9.33. The predicted molar refractivity (Wildman–Crippen MR) is 98.2 cm³/mol. The van der Waals surface area contributed by atoms with Gasteiger partial charge in [0, 0.05) is 11.1 Å². The molecule has 0 saturated heterocycles. The van der Waals surface area contributed by atoms with E-state index < -0.39 is 17.8 Å². The van der Waals surface area contributed by atoms with E-state index in [4.69, 9.17) is 11.6 Å². The van der Waals surface area contributed by atoms with Gasteiger partial charge in [0.1, 0.15) is 0 Å². The van der Waals surface area contributed by atoms with Gasteiger partial charge in [-0.1, -0.05) is 29.8 Å². The highest BCUT2D eigenvalue weighted by atomic mass is 35.5. The van der Waals surface area contributed by atoms with E-state index in [1.807, 2.05) is 0 Å². The quantitative estimate of drug-likeness (QED) is 0.640. The third kappa shape index (κ3) is 4.70. The zero-order valence-electron chi connectivity index (χ0n) is 14.1. The topological polar surface area (TPSA) is 81.7 Å². The van der Waals surface area contributed by atoms with Crippen molar-refractivity contribution in [3.63, 3.8) is 0 Å². The molecule has 26 heavy (non-hydrogen) atoms. The van der Waals surface area contributed by atoms with Gasteiger partial charge in [0.25, 0.3) is 0 Å². The molecule has 2 rings (SSSR count). The Labute approximate surface area is 155 Å². The van der Waals surface area contributed by atoms with Crippen LogP contribution in [0, 0.1) is 0 Å². The third-order valence-electron chi connectivity index (χ3n) is 3.42. The number of hydrogen-bond donors (Lipinski definition) is 1. The highest BCUT2D eigenvalue weighted by Gasteiger charge is 2.16. The van der Waals surface area contributed by atoms with Gasteiger partial charge in [0.2, 0.25) is 5.91 Å². The molecule has 0 heterocycles. The summed E-state index contributed by atoms with van der Waals surface area (Å²) in [6.07, 6.45) is 2.81. The molecular weight excluding hydrogens is 358 g/mol. The summed E-state index contributed by atoms with van der Waals surface area (Å²) in [5, 5.41) is 3.06. The van der Waals surface area contributed by atoms with Crippen LogP contribution in [0.15, 0.2) is 48.5 Å². The molecular formula is C19H16ClNO5. The highest BCUT2D eigenvalue weighted by Crippen LogP contribution is 2.20. The second kappa shape index (κ2) is 8.82. The fourth-order valence-corrected chi connectivity index (χ4v) is 2.33. The molecule has 1 amide bonds. The monoisotopic (exact) mass is 373 g/mol. The minimum Gasteiger partial charge on any atom is -0.465 e. The molecule has 0 aliphatic heterocycles. The summed E-state index contributed by atoms with van der Waals surface area (Å²) in [6, 6.07) is 11.2. The summed E-state index contributed by atoms with van der Waals surface area (Å²) in [5.74, 6) is -1.74. The third-order valence-corrected chi connectivity index (χ3v) is 3.77. The second-order valence-corrected chi connectivity index (χ2v) is 5.49. The summed E-state index contributed by atoms with van der Waals surface area (Å²) in [6.45, 7) is 0. The van der Waals surface area contributed by atoms with E-state index >= 15 is 0 Å². The lowest BCUT2D eigenvalue weighted by atomic mass is 10.1. The van der Waals surface area contributed by atoms with E-state index in [1.165, 1.54) is 38.5 Å². The van der Waals surface area contributed by atoms with E-state index in [0.29, 0.717) is 10.6 Å². The van der Waals surface area contributed by atoms with Gasteiger partial charge < -0.3 is 14.8 Å². The zero-order valence-corrected chi connectivity index (χ0v) is 14.9. The number of esters is 2. The van der Waals surface area contributed by atoms with Crippen LogP contribution in [0.25, 0.3) is 6.08 Å². The second-order valence-electron chi connectivity index (χ2n) is 5.09. The number of methoxy groups -OCH3 is 2. The van der Waals surface area contributed by atoms with Crippen molar-refractivity contribution in [3.05, 3.63) is 70.3 Å². The van der Waals surface area contributed by atoms with Crippen LogP contribution >= 0.6 is 11.6 Å². The molecule has 0 aliphatic rings. The molecule has 6 nitrogen and oxygen atoms in total. The van der Waals surface area contributed by atoms with Crippen molar-refractivity contribution in [2.75, 3.05) is 19.5 Å². The predicted octanol–water partition coefficient (Wildman–Crippen LogP) is 3.57. The van der Waals surface area contributed by atoms with Gasteiger partial charge in [-0.3, -0.25) is 4.79 Å². The molecule has 0 spiro atoms. The van der Waals surface area contributed by atoms with Crippen molar-refractivity contribution in [1.82, 2.24) is 0 Å². The van der Waals surface area contributed by atoms with Crippen LogP contribution < -0.4 is 5.32 Å². The number of rotatable bonds is 5. The first-order valence-electron chi connectivity index (χ1n) is 7.50. The van der Waals surface area contributed by atoms with Crippen LogP contribution in [0.4, 0.5) is 5.69 Å². The Hall–Kier alpha value is -3.12. The largest absolute Gasteiger partial charge is 0.465 e. The van der Waals surface area contributed by atoms with Crippen molar-refractivity contribution in [1.29, 1.82) is 0 Å². The van der Waals surface area contributed by atoms with Gasteiger partial charge in [0.05, 0.1) is 31.0 Å². The molecule has 0 fully saturated rings. The first kappa shape index (κ1) is 19.2. The van der Waals surface area contributed by atoms with E-state index in [-0.39, 0.29) is 16.8 Å². The number of halogens is 1. The molecule has 1 N–H and O–H groups in total. The van der Waals surface area contributed by atoms with Crippen LogP contribution in [-0.2, 0) is 14.3 Å². The normalized spacial score (nSPS) is 10.4. The maximum Gasteiger partial charge on any atom is 0.339 e. The Kier molecular flexibility index (Phi) is 6.52. The lowest BCUT2D eigenvalue weighted by Crippen LogP contribution is -2.14. The van der Waals surface area contributed by atoms with E-state index in [9.17, 15) is 14.4 Å². The summed E-state index contributed by atoms with van der Waals surface area (Å²) in [7, 11) is 2.46. The molecule has 0 saturated carbocycles. The van der Waals surface area contributed by atoms with Crippen LogP contribution in [-0.4, -0.2) is 32.1 Å². The lowest BCUT2D eigenvalue weighted by molar-refractivity contribution is -0.111. The van der Waals surface area contributed by atoms with Gasteiger partial charge in [0.15, 0.2) is 0 Å². The van der Waals surface area contributed by atoms with Gasteiger partial charge >= 0.3 is 11.9 Å². The number of carbonyl (C=O) groups is 3. The molecule has 2 aromatic carbocycles. The fraction of sp³-hybridized carbons (Fsp3) is 0.105. The standard InChI is InChI=1S/C19H16ClNO5/c1-25-18(23)13-7-9-14(19(24)26-2)16(11-13)21-17(22)10-8-12-5-3-4-6-15(12)20/h3-11H,1-2H3,(H,21,22). The van der Waals surface area contributed by atoms with Crippen molar-refractivity contribution in [2.45, 2.75) is 0 Å². The SMILES string of the molecule is COC(=O)c1ccc(C(=O)OC)c(NC(=O)C=Cc2ccccc2Cl)c1. The van der Waals surface area contributed by atoms with Gasteiger partial charge in [-0.2, -0.15) is 0 Å². The Morgan fingerprint density at radius 1 is 1.00 bits per heavy atom. The molecule has 134 valence electrons. The molecule has 0 radical (unpaired) electrons. The summed E-state index contributed by atoms with van der Waals surface area (Å²) in [4.78, 5) is 35.7. The van der Waals surface area contributed by atoms with Crippen molar-refractivity contribution >= 4 is 41.2 Å². The van der Waals surface area contributed by atoms with E-state index in [0.717, 1.165) is 0 Å². The summed E-state index contributed by atoms with van der Waals surface area (Å²) >= 11 is 6.03. The van der Waals surface area contributed by atoms with Crippen molar-refractivity contribution < 1.29 is 23.9 Å². The number of nitrogens with one attached hydrogen (secondary N) is 1. The van der Waals surface area contributed by atoms with Crippen LogP contribution in [0.1, 0.15) is 26.3 Å². The maximum absolute atomic E-state index is 12.2. The molecule has 0 aliphatic carbocycles. The molecule has 0 unspecified atom stereocenters. The maximum atomic E-state index is 12.2. The molecule has 2 aromatic rings. The first-order chi connectivity index (χ1) is 12.5. The number of ether oxygens (including phenoxy) is 2.